The number of nitrogens with zero attached hydrogens (tertiary/aromatic N) is 2. The molecule has 0 aliphatic carbocycles. The molecule has 1 N–H and O–H groups in total. The van der Waals surface area contributed by atoms with Crippen LogP contribution in [0.4, 0.5) is 0 Å². The lowest BCUT2D eigenvalue weighted by Crippen LogP contribution is -2.48. The molecule has 0 spiro atoms. The molecule has 4 heteroatoms. The first kappa shape index (κ1) is 13.8. The molecule has 2 unspecified atom stereocenters. The Bertz CT molecular complexity index is 317. The zero-order valence-electron chi connectivity index (χ0n) is 11.9. The number of rotatable bonds is 3. The molecule has 2 rings (SSSR count). The van der Waals surface area contributed by atoms with Crippen molar-refractivity contribution in [2.75, 3.05) is 26.7 Å². The van der Waals surface area contributed by atoms with Crippen LogP contribution in [-0.2, 0) is 4.79 Å². The van der Waals surface area contributed by atoms with Crippen LogP contribution in [0.5, 0.6) is 0 Å². The van der Waals surface area contributed by atoms with Crippen molar-refractivity contribution in [3.8, 4) is 0 Å². The highest BCUT2D eigenvalue weighted by atomic mass is 16.3. The summed E-state index contributed by atoms with van der Waals surface area (Å²) >= 11 is 0. The van der Waals surface area contributed by atoms with Crippen LogP contribution in [0, 0.1) is 5.92 Å². The van der Waals surface area contributed by atoms with E-state index in [1.807, 2.05) is 18.7 Å². The van der Waals surface area contributed by atoms with Gasteiger partial charge in [-0.15, -0.1) is 0 Å². The van der Waals surface area contributed by atoms with Gasteiger partial charge < -0.3 is 14.9 Å². The predicted octanol–water partition coefficient (Wildman–Crippen LogP) is 1.09. The highest BCUT2D eigenvalue weighted by molar-refractivity contribution is 5.77. The zero-order valence-corrected chi connectivity index (χ0v) is 11.9. The molecule has 0 aromatic carbocycles. The Kier molecular flexibility index (Phi) is 3.97. The van der Waals surface area contributed by atoms with Crippen molar-refractivity contribution in [2.24, 2.45) is 5.92 Å². The molecule has 4 nitrogen and oxygen atoms in total. The van der Waals surface area contributed by atoms with E-state index in [1.54, 1.807) is 0 Å². The fourth-order valence-corrected chi connectivity index (χ4v) is 3.24. The van der Waals surface area contributed by atoms with Gasteiger partial charge in [0.25, 0.3) is 0 Å². The molecule has 0 bridgehead atoms. The molecule has 2 heterocycles. The van der Waals surface area contributed by atoms with Crippen molar-refractivity contribution < 1.29 is 9.90 Å². The van der Waals surface area contributed by atoms with Gasteiger partial charge in [-0.2, -0.15) is 0 Å². The molecule has 0 radical (unpaired) electrons. The zero-order chi connectivity index (χ0) is 13.3. The average Bonchev–Trinajstić information content (AvgIpc) is 2.82. The number of carbonyl (C=O) groups excluding carboxylic acids is 1. The van der Waals surface area contributed by atoms with Gasteiger partial charge in [0.1, 0.15) is 0 Å². The van der Waals surface area contributed by atoms with Crippen LogP contribution < -0.4 is 0 Å². The third kappa shape index (κ3) is 2.69. The number of aliphatic hydroxyl groups excluding tert-OH is 1. The largest absolute Gasteiger partial charge is 0.391 e. The van der Waals surface area contributed by atoms with E-state index in [2.05, 4.69) is 11.9 Å². The first-order valence-corrected chi connectivity index (χ1v) is 7.08. The van der Waals surface area contributed by atoms with E-state index in [4.69, 9.17) is 0 Å². The predicted molar refractivity (Wildman–Crippen MR) is 71.3 cm³/mol. The molecule has 0 aromatic rings. The fourth-order valence-electron chi connectivity index (χ4n) is 3.24. The molecule has 1 amide bonds. The van der Waals surface area contributed by atoms with Crippen LogP contribution in [0.25, 0.3) is 0 Å². The lowest BCUT2D eigenvalue weighted by atomic mass is 9.97. The average molecular weight is 254 g/mol. The van der Waals surface area contributed by atoms with Crippen LogP contribution in [0.15, 0.2) is 0 Å². The third-order valence-corrected chi connectivity index (χ3v) is 4.69. The van der Waals surface area contributed by atoms with Crippen molar-refractivity contribution in [3.05, 3.63) is 0 Å². The molecule has 2 aliphatic rings. The van der Waals surface area contributed by atoms with Crippen molar-refractivity contribution in [3.63, 3.8) is 0 Å². The topological polar surface area (TPSA) is 43.8 Å². The summed E-state index contributed by atoms with van der Waals surface area (Å²) in [5.41, 5.74) is -0.385. The van der Waals surface area contributed by atoms with E-state index in [-0.39, 0.29) is 17.6 Å². The maximum Gasteiger partial charge on any atom is 0.223 e. The molecule has 0 aromatic heterocycles. The molecule has 104 valence electrons. The van der Waals surface area contributed by atoms with E-state index >= 15 is 0 Å². The Morgan fingerprint density at radius 3 is 2.56 bits per heavy atom. The summed E-state index contributed by atoms with van der Waals surface area (Å²) < 4.78 is 0. The summed E-state index contributed by atoms with van der Waals surface area (Å²) in [6, 6.07) is 0. The first-order chi connectivity index (χ1) is 8.41. The Hall–Kier alpha value is -0.610. The van der Waals surface area contributed by atoms with Crippen LogP contribution in [-0.4, -0.2) is 59.1 Å². The van der Waals surface area contributed by atoms with E-state index in [1.165, 1.54) is 6.42 Å². The second-order valence-electron chi connectivity index (χ2n) is 6.46. The van der Waals surface area contributed by atoms with Crippen molar-refractivity contribution >= 4 is 5.91 Å². The van der Waals surface area contributed by atoms with Gasteiger partial charge >= 0.3 is 0 Å². The van der Waals surface area contributed by atoms with Gasteiger partial charge in [0.15, 0.2) is 0 Å². The van der Waals surface area contributed by atoms with E-state index < -0.39 is 0 Å². The van der Waals surface area contributed by atoms with E-state index in [0.717, 1.165) is 19.5 Å². The number of hydrogen-bond acceptors (Lipinski definition) is 3. The molecular formula is C14H26N2O2. The number of aliphatic hydroxyl groups is 1. The summed E-state index contributed by atoms with van der Waals surface area (Å²) in [6.45, 7) is 6.92. The van der Waals surface area contributed by atoms with Crippen LogP contribution >= 0.6 is 0 Å². The quantitative estimate of drug-likeness (QED) is 0.820. The monoisotopic (exact) mass is 254 g/mol. The molecule has 2 atom stereocenters. The molecule has 2 fully saturated rings. The van der Waals surface area contributed by atoms with Crippen LogP contribution in [0.2, 0.25) is 0 Å². The van der Waals surface area contributed by atoms with Crippen LogP contribution in [0.3, 0.4) is 0 Å². The molecule has 18 heavy (non-hydrogen) atoms. The minimum atomic E-state index is -0.385. The van der Waals surface area contributed by atoms with E-state index in [9.17, 15) is 9.90 Å². The summed E-state index contributed by atoms with van der Waals surface area (Å²) in [5, 5.41) is 9.89. The number of likely N-dealkylation sites (tertiary alicyclic amines) is 2. The molecule has 0 saturated carbocycles. The summed E-state index contributed by atoms with van der Waals surface area (Å²) in [4.78, 5) is 16.4. The highest BCUT2D eigenvalue weighted by Crippen LogP contribution is 2.30. The summed E-state index contributed by atoms with van der Waals surface area (Å²) in [6.07, 6.45) is 3.18. The maximum absolute atomic E-state index is 12.2. The number of amides is 1. The molecule has 2 aliphatic heterocycles. The third-order valence-electron chi connectivity index (χ3n) is 4.69. The highest BCUT2D eigenvalue weighted by Gasteiger charge is 2.42. The molecular weight excluding hydrogens is 228 g/mol. The Labute approximate surface area is 110 Å². The SMILES string of the molecule is CN1CCC(CCC(=O)N2CCC(O)C2(C)C)C1. The van der Waals surface area contributed by atoms with E-state index in [0.29, 0.717) is 25.3 Å². The van der Waals surface area contributed by atoms with Gasteiger partial charge in [0.05, 0.1) is 11.6 Å². The Morgan fingerprint density at radius 2 is 2.06 bits per heavy atom. The summed E-state index contributed by atoms with van der Waals surface area (Å²) in [5.74, 6) is 0.890. The van der Waals surface area contributed by atoms with Crippen molar-refractivity contribution in [1.29, 1.82) is 0 Å². The Morgan fingerprint density at radius 1 is 1.33 bits per heavy atom. The summed E-state index contributed by atoms with van der Waals surface area (Å²) in [7, 11) is 2.14. The first-order valence-electron chi connectivity index (χ1n) is 7.08. The minimum absolute atomic E-state index is 0.214. The number of carbonyl (C=O) groups is 1. The van der Waals surface area contributed by atoms with Gasteiger partial charge in [0.2, 0.25) is 5.91 Å². The van der Waals surface area contributed by atoms with Crippen LogP contribution in [0.1, 0.15) is 39.5 Å². The van der Waals surface area contributed by atoms with Gasteiger partial charge in [-0.1, -0.05) is 0 Å². The van der Waals surface area contributed by atoms with Gasteiger partial charge in [-0.25, -0.2) is 0 Å². The second kappa shape index (κ2) is 5.17. The number of hydrogen-bond donors (Lipinski definition) is 1. The lowest BCUT2D eigenvalue weighted by Gasteiger charge is -2.34. The maximum atomic E-state index is 12.2. The van der Waals surface area contributed by atoms with Gasteiger partial charge in [-0.05, 0) is 52.6 Å². The normalized spacial score (nSPS) is 32.1. The van der Waals surface area contributed by atoms with Gasteiger partial charge in [-0.3, -0.25) is 4.79 Å². The second-order valence-corrected chi connectivity index (χ2v) is 6.46. The lowest BCUT2D eigenvalue weighted by molar-refractivity contribution is -0.136. The van der Waals surface area contributed by atoms with Crippen molar-refractivity contribution in [1.82, 2.24) is 9.80 Å². The van der Waals surface area contributed by atoms with Crippen molar-refractivity contribution in [2.45, 2.75) is 51.2 Å². The fraction of sp³-hybridized carbons (Fsp3) is 0.929. The van der Waals surface area contributed by atoms with Gasteiger partial charge in [0, 0.05) is 19.5 Å². The minimum Gasteiger partial charge on any atom is -0.391 e. The standard InChI is InChI=1S/C14H26N2O2/c1-14(2)12(17)7-9-16(14)13(18)5-4-11-6-8-15(3)10-11/h11-12,17H,4-10H2,1-3H3. The molecule has 2 saturated heterocycles. The Balaban J connectivity index is 1.82. The smallest absolute Gasteiger partial charge is 0.223 e.